The Morgan fingerprint density at radius 2 is 1.20 bits per heavy atom. The van der Waals surface area contributed by atoms with Gasteiger partial charge in [-0.25, -0.2) is 0 Å². The van der Waals surface area contributed by atoms with Gasteiger partial charge in [-0.2, -0.15) is 13.2 Å². The average molecular weight is 415 g/mol. The number of nitrogens with one attached hydrogen (secondary N) is 1. The van der Waals surface area contributed by atoms with E-state index in [4.69, 9.17) is 9.47 Å². The van der Waals surface area contributed by atoms with Crippen molar-refractivity contribution in [2.45, 2.75) is 12.2 Å². The van der Waals surface area contributed by atoms with Crippen molar-refractivity contribution < 1.29 is 27.4 Å². The van der Waals surface area contributed by atoms with Gasteiger partial charge in [-0.05, 0) is 59.7 Å². The molecular weight excluding hydrogens is 395 g/mol. The lowest BCUT2D eigenvalue weighted by atomic mass is 9.97. The van der Waals surface area contributed by atoms with Crippen molar-refractivity contribution in [3.8, 4) is 11.5 Å². The standard InChI is InChI=1S/C23H20F3NO3/c1-29-19-11-5-15(6-12-19)21(16-7-13-20(30-2)14-8-16)27-22(28)17-3-9-18(10-4-17)23(24,25)26/h3-14,21H,1-2H3,(H,27,28). The Kier molecular flexibility index (Phi) is 6.30. The first-order valence-corrected chi connectivity index (χ1v) is 9.08. The maximum absolute atomic E-state index is 12.8. The normalized spacial score (nSPS) is 11.3. The fraction of sp³-hybridized carbons (Fsp3) is 0.174. The van der Waals surface area contributed by atoms with Crippen LogP contribution in [0.4, 0.5) is 13.2 Å². The van der Waals surface area contributed by atoms with Crippen molar-refractivity contribution in [3.05, 3.63) is 95.1 Å². The zero-order chi connectivity index (χ0) is 21.7. The summed E-state index contributed by atoms with van der Waals surface area (Å²) in [7, 11) is 3.12. The van der Waals surface area contributed by atoms with Gasteiger partial charge in [0.1, 0.15) is 11.5 Å². The summed E-state index contributed by atoms with van der Waals surface area (Å²) < 4.78 is 48.7. The first-order chi connectivity index (χ1) is 14.3. The number of alkyl halides is 3. The van der Waals surface area contributed by atoms with E-state index in [1.54, 1.807) is 38.5 Å². The molecule has 0 unspecified atom stereocenters. The second-order valence-corrected chi connectivity index (χ2v) is 6.53. The van der Waals surface area contributed by atoms with Crippen LogP contribution in [0.3, 0.4) is 0 Å². The Labute approximate surface area is 172 Å². The lowest BCUT2D eigenvalue weighted by Crippen LogP contribution is -2.29. The van der Waals surface area contributed by atoms with E-state index in [1.807, 2.05) is 24.3 Å². The van der Waals surface area contributed by atoms with Gasteiger partial charge >= 0.3 is 6.18 Å². The number of carbonyl (C=O) groups excluding carboxylic acids is 1. The fourth-order valence-electron chi connectivity index (χ4n) is 2.98. The highest BCUT2D eigenvalue weighted by Crippen LogP contribution is 2.30. The molecule has 0 radical (unpaired) electrons. The number of ether oxygens (including phenoxy) is 2. The van der Waals surface area contributed by atoms with Crippen LogP contribution >= 0.6 is 0 Å². The molecule has 0 aromatic heterocycles. The van der Waals surface area contributed by atoms with Gasteiger partial charge in [0, 0.05) is 5.56 Å². The Balaban J connectivity index is 1.90. The average Bonchev–Trinajstić information content (AvgIpc) is 2.77. The van der Waals surface area contributed by atoms with Crippen molar-refractivity contribution in [2.75, 3.05) is 14.2 Å². The topological polar surface area (TPSA) is 47.6 Å². The van der Waals surface area contributed by atoms with Gasteiger partial charge in [-0.3, -0.25) is 4.79 Å². The largest absolute Gasteiger partial charge is 0.497 e. The van der Waals surface area contributed by atoms with E-state index in [-0.39, 0.29) is 5.56 Å². The molecule has 0 atom stereocenters. The third kappa shape index (κ3) is 4.92. The third-order valence-corrected chi connectivity index (χ3v) is 4.65. The van der Waals surface area contributed by atoms with Crippen LogP contribution in [-0.4, -0.2) is 20.1 Å². The number of carbonyl (C=O) groups is 1. The number of methoxy groups -OCH3 is 2. The molecule has 7 heteroatoms. The van der Waals surface area contributed by atoms with Gasteiger partial charge in [-0.1, -0.05) is 24.3 Å². The van der Waals surface area contributed by atoms with Gasteiger partial charge in [0.2, 0.25) is 0 Å². The van der Waals surface area contributed by atoms with Crippen molar-refractivity contribution in [1.29, 1.82) is 0 Å². The van der Waals surface area contributed by atoms with E-state index >= 15 is 0 Å². The van der Waals surface area contributed by atoms with Crippen LogP contribution in [0.5, 0.6) is 11.5 Å². The maximum Gasteiger partial charge on any atom is 0.416 e. The molecule has 0 aliphatic carbocycles. The summed E-state index contributed by atoms with van der Waals surface area (Å²) in [4.78, 5) is 12.8. The zero-order valence-electron chi connectivity index (χ0n) is 16.4. The van der Waals surface area contributed by atoms with Crippen LogP contribution in [0.2, 0.25) is 0 Å². The van der Waals surface area contributed by atoms with E-state index in [0.717, 1.165) is 35.4 Å². The van der Waals surface area contributed by atoms with Gasteiger partial charge in [0.05, 0.1) is 25.8 Å². The summed E-state index contributed by atoms with van der Waals surface area (Å²) in [5, 5.41) is 2.90. The van der Waals surface area contributed by atoms with Gasteiger partial charge in [-0.15, -0.1) is 0 Å². The summed E-state index contributed by atoms with van der Waals surface area (Å²) in [6, 6.07) is 18.0. The van der Waals surface area contributed by atoms with Crippen LogP contribution in [0, 0.1) is 0 Å². The molecule has 1 amide bonds. The molecule has 0 spiro atoms. The quantitative estimate of drug-likeness (QED) is 0.599. The number of benzene rings is 3. The van der Waals surface area contributed by atoms with E-state index < -0.39 is 23.7 Å². The molecule has 3 rings (SSSR count). The summed E-state index contributed by atoms with van der Waals surface area (Å²) >= 11 is 0. The minimum Gasteiger partial charge on any atom is -0.497 e. The second kappa shape index (κ2) is 8.90. The van der Waals surface area contributed by atoms with Crippen LogP contribution in [-0.2, 0) is 6.18 Å². The molecule has 3 aromatic carbocycles. The van der Waals surface area contributed by atoms with Gasteiger partial charge in [0.15, 0.2) is 0 Å². The molecule has 0 saturated carbocycles. The molecule has 0 saturated heterocycles. The SMILES string of the molecule is COc1ccc(C(NC(=O)c2ccc(C(F)(F)F)cc2)c2ccc(OC)cc2)cc1. The minimum atomic E-state index is -4.45. The fourth-order valence-corrected chi connectivity index (χ4v) is 2.98. The predicted molar refractivity (Wildman–Crippen MR) is 107 cm³/mol. The minimum absolute atomic E-state index is 0.134. The van der Waals surface area contributed by atoms with Gasteiger partial charge in [0.25, 0.3) is 5.91 Å². The van der Waals surface area contributed by atoms with Crippen LogP contribution in [0.15, 0.2) is 72.8 Å². The maximum atomic E-state index is 12.8. The van der Waals surface area contributed by atoms with Gasteiger partial charge < -0.3 is 14.8 Å². The Morgan fingerprint density at radius 3 is 1.57 bits per heavy atom. The monoisotopic (exact) mass is 415 g/mol. The molecule has 156 valence electrons. The zero-order valence-corrected chi connectivity index (χ0v) is 16.4. The molecule has 0 aliphatic rings. The van der Waals surface area contributed by atoms with Crippen LogP contribution in [0.1, 0.15) is 33.1 Å². The van der Waals surface area contributed by atoms with Crippen LogP contribution < -0.4 is 14.8 Å². The van der Waals surface area contributed by atoms with E-state index in [0.29, 0.717) is 11.5 Å². The Morgan fingerprint density at radius 1 is 0.767 bits per heavy atom. The summed E-state index contributed by atoms with van der Waals surface area (Å²) in [6.45, 7) is 0. The summed E-state index contributed by atoms with van der Waals surface area (Å²) in [5.41, 5.74) is 0.915. The second-order valence-electron chi connectivity index (χ2n) is 6.53. The van der Waals surface area contributed by atoms with E-state index in [9.17, 15) is 18.0 Å². The molecule has 0 aliphatic heterocycles. The van der Waals surface area contributed by atoms with E-state index in [2.05, 4.69) is 5.32 Å². The van der Waals surface area contributed by atoms with Crippen molar-refractivity contribution >= 4 is 5.91 Å². The predicted octanol–water partition coefficient (Wildman–Crippen LogP) is 5.24. The highest BCUT2D eigenvalue weighted by Gasteiger charge is 2.30. The molecule has 0 bridgehead atoms. The lowest BCUT2D eigenvalue weighted by Gasteiger charge is -2.21. The summed E-state index contributed by atoms with van der Waals surface area (Å²) in [6.07, 6.45) is -4.45. The van der Waals surface area contributed by atoms with Crippen LogP contribution in [0.25, 0.3) is 0 Å². The Hall–Kier alpha value is -3.48. The number of amides is 1. The first-order valence-electron chi connectivity index (χ1n) is 9.08. The molecule has 0 fully saturated rings. The first kappa shape index (κ1) is 21.2. The number of halogens is 3. The number of rotatable bonds is 6. The Bertz CT molecular complexity index is 935. The molecule has 4 nitrogen and oxygen atoms in total. The molecular formula is C23H20F3NO3. The number of hydrogen-bond donors (Lipinski definition) is 1. The number of hydrogen-bond acceptors (Lipinski definition) is 3. The third-order valence-electron chi connectivity index (χ3n) is 4.65. The molecule has 0 heterocycles. The highest BCUT2D eigenvalue weighted by atomic mass is 19.4. The van der Waals surface area contributed by atoms with Crippen molar-refractivity contribution in [2.24, 2.45) is 0 Å². The molecule has 30 heavy (non-hydrogen) atoms. The highest BCUT2D eigenvalue weighted by molar-refractivity contribution is 5.94. The smallest absolute Gasteiger partial charge is 0.416 e. The van der Waals surface area contributed by atoms with Crippen molar-refractivity contribution in [1.82, 2.24) is 5.32 Å². The lowest BCUT2D eigenvalue weighted by molar-refractivity contribution is -0.137. The van der Waals surface area contributed by atoms with E-state index in [1.165, 1.54) is 0 Å². The summed E-state index contributed by atoms with van der Waals surface area (Å²) in [5.74, 6) is 0.850. The molecule has 3 aromatic rings. The van der Waals surface area contributed by atoms with Crippen molar-refractivity contribution in [3.63, 3.8) is 0 Å². The molecule has 1 N–H and O–H groups in total.